The van der Waals surface area contributed by atoms with Gasteiger partial charge in [0.1, 0.15) is 6.61 Å². The highest BCUT2D eigenvalue weighted by molar-refractivity contribution is 5.85. The summed E-state index contributed by atoms with van der Waals surface area (Å²) in [6, 6.07) is 9.70. The average molecular weight is 215 g/mol. The van der Waals surface area contributed by atoms with E-state index in [1.165, 1.54) is 0 Å². The maximum Gasteiger partial charge on any atom is 0.306 e. The van der Waals surface area contributed by atoms with Crippen molar-refractivity contribution in [2.24, 2.45) is 0 Å². The monoisotopic (exact) mass is 214 g/mol. The van der Waals surface area contributed by atoms with Crippen LogP contribution in [0.15, 0.2) is 30.3 Å². The number of hydrogen-bond donors (Lipinski definition) is 0. The Bertz CT molecular complexity index is 259. The summed E-state index contributed by atoms with van der Waals surface area (Å²) in [6.45, 7) is 2.35. The molecule has 0 heterocycles. The highest BCUT2D eigenvalue weighted by Crippen LogP contribution is 2.02. The number of carbonyl (C=O) groups is 1. The van der Waals surface area contributed by atoms with Crippen LogP contribution in [0.3, 0.4) is 0 Å². The summed E-state index contributed by atoms with van der Waals surface area (Å²) in [5.74, 6) is -0.119. The normalized spacial score (nSPS) is 8.93. The molecule has 0 fully saturated rings. The number of carbonyl (C=O) groups excluding carboxylic acids is 1. The Labute approximate surface area is 90.7 Å². The van der Waals surface area contributed by atoms with Crippen LogP contribution in [0.5, 0.6) is 0 Å². The first-order chi connectivity index (χ1) is 6.33. The molecule has 0 atom stereocenters. The van der Waals surface area contributed by atoms with E-state index >= 15 is 0 Å². The van der Waals surface area contributed by atoms with E-state index in [9.17, 15) is 4.79 Å². The van der Waals surface area contributed by atoms with Crippen molar-refractivity contribution < 1.29 is 9.53 Å². The third-order valence-corrected chi connectivity index (χ3v) is 1.70. The van der Waals surface area contributed by atoms with E-state index in [1.807, 2.05) is 37.3 Å². The highest BCUT2D eigenvalue weighted by atomic mass is 35.5. The van der Waals surface area contributed by atoms with Gasteiger partial charge >= 0.3 is 5.97 Å². The second-order valence-electron chi connectivity index (χ2n) is 2.90. The maximum atomic E-state index is 11.0. The van der Waals surface area contributed by atoms with Gasteiger partial charge < -0.3 is 4.74 Å². The molecule has 1 aromatic rings. The maximum absolute atomic E-state index is 11.0. The van der Waals surface area contributed by atoms with Gasteiger partial charge in [-0.25, -0.2) is 0 Å². The van der Waals surface area contributed by atoms with Gasteiger partial charge in [-0.15, -0.1) is 12.4 Å². The van der Waals surface area contributed by atoms with E-state index < -0.39 is 0 Å². The molecule has 2 nitrogen and oxygen atoms in total. The van der Waals surface area contributed by atoms with Gasteiger partial charge in [-0.1, -0.05) is 37.3 Å². The molecule has 0 spiro atoms. The van der Waals surface area contributed by atoms with E-state index in [2.05, 4.69) is 0 Å². The van der Waals surface area contributed by atoms with Crippen LogP contribution in [0.25, 0.3) is 0 Å². The lowest BCUT2D eigenvalue weighted by atomic mass is 10.2. The SMILES string of the molecule is CCCC(=O)OCc1ccccc1.Cl. The van der Waals surface area contributed by atoms with Gasteiger partial charge in [0.25, 0.3) is 0 Å². The summed E-state index contributed by atoms with van der Waals surface area (Å²) in [4.78, 5) is 11.0. The van der Waals surface area contributed by atoms with Gasteiger partial charge in [-0.3, -0.25) is 4.79 Å². The van der Waals surface area contributed by atoms with Crippen LogP contribution >= 0.6 is 12.4 Å². The van der Waals surface area contributed by atoms with Crippen molar-refractivity contribution in [3.8, 4) is 0 Å². The zero-order valence-corrected chi connectivity index (χ0v) is 9.05. The van der Waals surface area contributed by atoms with Crippen molar-refractivity contribution in [3.63, 3.8) is 0 Å². The summed E-state index contributed by atoms with van der Waals surface area (Å²) in [6.07, 6.45) is 1.35. The Hall–Kier alpha value is -1.02. The lowest BCUT2D eigenvalue weighted by molar-refractivity contribution is -0.144. The van der Waals surface area contributed by atoms with Crippen molar-refractivity contribution in [1.29, 1.82) is 0 Å². The predicted molar refractivity (Wildman–Crippen MR) is 58.4 cm³/mol. The lowest BCUT2D eigenvalue weighted by Gasteiger charge is -2.02. The molecule has 0 aromatic heterocycles. The van der Waals surface area contributed by atoms with Gasteiger partial charge in [0.15, 0.2) is 0 Å². The molecule has 0 aliphatic carbocycles. The highest BCUT2D eigenvalue weighted by Gasteiger charge is 2.00. The standard InChI is InChI=1S/C11H14O2.ClH/c1-2-6-11(12)13-9-10-7-4-3-5-8-10;/h3-5,7-8H,2,6,9H2,1H3;1H. The fourth-order valence-electron chi connectivity index (χ4n) is 1.01. The molecule has 0 aliphatic rings. The smallest absolute Gasteiger partial charge is 0.306 e. The second-order valence-corrected chi connectivity index (χ2v) is 2.90. The topological polar surface area (TPSA) is 26.3 Å². The Morgan fingerprint density at radius 1 is 1.29 bits per heavy atom. The second kappa shape index (κ2) is 7.39. The third-order valence-electron chi connectivity index (χ3n) is 1.70. The molecule has 0 saturated heterocycles. The van der Waals surface area contributed by atoms with E-state index in [0.717, 1.165) is 12.0 Å². The summed E-state index contributed by atoms with van der Waals surface area (Å²) in [5.41, 5.74) is 1.03. The van der Waals surface area contributed by atoms with Crippen molar-refractivity contribution in [1.82, 2.24) is 0 Å². The van der Waals surface area contributed by atoms with Crippen LogP contribution < -0.4 is 0 Å². The zero-order chi connectivity index (χ0) is 9.52. The van der Waals surface area contributed by atoms with Gasteiger partial charge in [0.2, 0.25) is 0 Å². The van der Waals surface area contributed by atoms with E-state index in [1.54, 1.807) is 0 Å². The third kappa shape index (κ3) is 4.87. The molecule has 1 aromatic carbocycles. The van der Waals surface area contributed by atoms with Crippen molar-refractivity contribution in [3.05, 3.63) is 35.9 Å². The van der Waals surface area contributed by atoms with Gasteiger partial charge in [-0.05, 0) is 12.0 Å². The summed E-state index contributed by atoms with van der Waals surface area (Å²) >= 11 is 0. The number of esters is 1. The van der Waals surface area contributed by atoms with Crippen molar-refractivity contribution in [2.45, 2.75) is 26.4 Å². The van der Waals surface area contributed by atoms with Crippen molar-refractivity contribution in [2.75, 3.05) is 0 Å². The summed E-state index contributed by atoms with van der Waals surface area (Å²) in [5, 5.41) is 0. The minimum atomic E-state index is -0.119. The molecule has 0 radical (unpaired) electrons. The van der Waals surface area contributed by atoms with Crippen LogP contribution in [-0.4, -0.2) is 5.97 Å². The minimum Gasteiger partial charge on any atom is -0.461 e. The van der Waals surface area contributed by atoms with Gasteiger partial charge in [-0.2, -0.15) is 0 Å². The lowest BCUT2D eigenvalue weighted by Crippen LogP contribution is -2.03. The first-order valence-corrected chi connectivity index (χ1v) is 4.52. The number of halogens is 1. The molecule has 0 unspecified atom stereocenters. The fraction of sp³-hybridized carbons (Fsp3) is 0.364. The molecular weight excluding hydrogens is 200 g/mol. The Balaban J connectivity index is 0.00000169. The molecule has 0 N–H and O–H groups in total. The Morgan fingerprint density at radius 3 is 2.50 bits per heavy atom. The molecule has 1 rings (SSSR count). The number of benzene rings is 1. The van der Waals surface area contributed by atoms with Crippen LogP contribution in [0, 0.1) is 0 Å². The van der Waals surface area contributed by atoms with E-state index in [0.29, 0.717) is 13.0 Å². The average Bonchev–Trinajstić information content (AvgIpc) is 2.17. The van der Waals surface area contributed by atoms with E-state index in [-0.39, 0.29) is 18.4 Å². The zero-order valence-electron chi connectivity index (χ0n) is 8.23. The summed E-state index contributed by atoms with van der Waals surface area (Å²) in [7, 11) is 0. The molecule has 0 amide bonds. The number of hydrogen-bond acceptors (Lipinski definition) is 2. The number of rotatable bonds is 4. The first-order valence-electron chi connectivity index (χ1n) is 4.52. The van der Waals surface area contributed by atoms with E-state index in [4.69, 9.17) is 4.74 Å². The predicted octanol–water partition coefficient (Wildman–Crippen LogP) is 2.95. The van der Waals surface area contributed by atoms with Crippen LogP contribution in [0.2, 0.25) is 0 Å². The molecule has 14 heavy (non-hydrogen) atoms. The Kier molecular flexibility index (Phi) is 6.85. The largest absolute Gasteiger partial charge is 0.461 e. The van der Waals surface area contributed by atoms with Crippen molar-refractivity contribution >= 4 is 18.4 Å². The number of ether oxygens (including phenoxy) is 1. The quantitative estimate of drug-likeness (QED) is 0.721. The molecular formula is C11H15ClO2. The molecule has 3 heteroatoms. The molecule has 0 bridgehead atoms. The molecule has 0 aliphatic heterocycles. The first kappa shape index (κ1) is 13.0. The van der Waals surface area contributed by atoms with Gasteiger partial charge in [0, 0.05) is 6.42 Å². The molecule has 0 saturated carbocycles. The van der Waals surface area contributed by atoms with Crippen LogP contribution in [0.1, 0.15) is 25.3 Å². The van der Waals surface area contributed by atoms with Gasteiger partial charge in [0.05, 0.1) is 0 Å². The summed E-state index contributed by atoms with van der Waals surface area (Å²) < 4.78 is 5.03. The van der Waals surface area contributed by atoms with Crippen LogP contribution in [0.4, 0.5) is 0 Å². The fourth-order valence-corrected chi connectivity index (χ4v) is 1.01. The Morgan fingerprint density at radius 2 is 1.93 bits per heavy atom. The minimum absolute atomic E-state index is 0. The van der Waals surface area contributed by atoms with Crippen LogP contribution in [-0.2, 0) is 16.1 Å². The molecule has 78 valence electrons.